The third-order valence-corrected chi connectivity index (χ3v) is 1.91. The fourth-order valence-electron chi connectivity index (χ4n) is 0.815. The monoisotopic (exact) mass is 228 g/mol. The van der Waals surface area contributed by atoms with Gasteiger partial charge in [-0.1, -0.05) is 18.2 Å². The molecule has 0 amide bonds. The number of epoxide rings is 1. The normalized spacial score (nSPS) is 17.6. The highest BCUT2D eigenvalue weighted by atomic mass is 35.5. The van der Waals surface area contributed by atoms with Crippen molar-refractivity contribution in [3.05, 3.63) is 29.0 Å². The molecule has 0 bridgehead atoms. The van der Waals surface area contributed by atoms with Crippen LogP contribution in [0.25, 0.3) is 0 Å². The van der Waals surface area contributed by atoms with Gasteiger partial charge in [0.2, 0.25) is 0 Å². The average Bonchev–Trinajstić information content (AvgIpc) is 2.96. The lowest BCUT2D eigenvalue weighted by atomic mass is 10.3. The van der Waals surface area contributed by atoms with Crippen molar-refractivity contribution in [1.82, 2.24) is 0 Å². The van der Waals surface area contributed by atoms with E-state index in [1.807, 2.05) is 0 Å². The minimum atomic E-state index is -0.373. The van der Waals surface area contributed by atoms with E-state index in [-0.39, 0.29) is 12.1 Å². The molecule has 15 heavy (non-hydrogen) atoms. The fraction of sp³-hybridized carbons (Fsp3) is 0.455. The quantitative estimate of drug-likeness (QED) is 0.313. The van der Waals surface area contributed by atoms with E-state index in [2.05, 4.69) is 12.3 Å². The molecular weight excluding hydrogens is 216 g/mol. The van der Waals surface area contributed by atoms with Gasteiger partial charge in [0.15, 0.2) is 0 Å². The number of esters is 1. The van der Waals surface area contributed by atoms with Gasteiger partial charge in [0.25, 0.3) is 0 Å². The molecule has 82 valence electrons. The maximum Gasteiger partial charge on any atom is 0.341 e. The molecule has 0 aromatic carbocycles. The Hall–Kier alpha value is -1.02. The van der Waals surface area contributed by atoms with E-state index in [9.17, 15) is 4.79 Å². The van der Waals surface area contributed by atoms with E-state index in [0.717, 1.165) is 0 Å². The van der Waals surface area contributed by atoms with Crippen LogP contribution in [0.1, 0.15) is 13.3 Å². The molecule has 0 aromatic rings. The van der Waals surface area contributed by atoms with Gasteiger partial charge in [0.05, 0.1) is 12.2 Å². The summed E-state index contributed by atoms with van der Waals surface area (Å²) in [4.78, 5) is 11.3. The highest BCUT2D eigenvalue weighted by Gasteiger charge is 2.24. The zero-order valence-electron chi connectivity index (χ0n) is 8.59. The first-order valence-corrected chi connectivity index (χ1v) is 5.01. The van der Waals surface area contributed by atoms with Gasteiger partial charge in [-0.25, -0.2) is 4.79 Å². The van der Waals surface area contributed by atoms with Crippen LogP contribution in [0.5, 0.6) is 0 Å². The molecule has 1 fully saturated rings. The fourth-order valence-corrected chi connectivity index (χ4v) is 0.892. The average molecular weight is 229 g/mol. The summed E-state index contributed by atoms with van der Waals surface area (Å²) in [5.74, 6) is -0.373. The van der Waals surface area contributed by atoms with Crippen LogP contribution in [-0.2, 0) is 14.3 Å². The van der Waals surface area contributed by atoms with Crippen molar-refractivity contribution >= 4 is 17.6 Å². The molecule has 0 spiro atoms. The lowest BCUT2D eigenvalue weighted by Crippen LogP contribution is -2.10. The predicted molar refractivity (Wildman–Crippen MR) is 57.6 cm³/mol. The predicted octanol–water partition coefficient (Wildman–Crippen LogP) is 2.17. The summed E-state index contributed by atoms with van der Waals surface area (Å²) >= 11 is 5.54. The van der Waals surface area contributed by atoms with Crippen molar-refractivity contribution in [3.8, 4) is 0 Å². The molecule has 1 saturated heterocycles. The topological polar surface area (TPSA) is 38.8 Å². The summed E-state index contributed by atoms with van der Waals surface area (Å²) in [6.07, 6.45) is 2.24. The van der Waals surface area contributed by atoms with E-state index in [1.165, 1.54) is 0 Å². The molecule has 1 unspecified atom stereocenters. The Labute approximate surface area is 94.0 Å². The van der Waals surface area contributed by atoms with Gasteiger partial charge in [-0.15, -0.1) is 5.73 Å². The van der Waals surface area contributed by atoms with Crippen LogP contribution < -0.4 is 0 Å². The molecule has 0 aliphatic carbocycles. The number of rotatable bonds is 5. The molecule has 1 heterocycles. The number of carbonyl (C=O) groups excluding carboxylic acids is 1. The van der Waals surface area contributed by atoms with Crippen molar-refractivity contribution < 1.29 is 14.3 Å². The Kier molecular flexibility index (Phi) is 4.63. The summed E-state index contributed by atoms with van der Waals surface area (Å²) in [5, 5.41) is 0.509. The second-order valence-corrected chi connectivity index (χ2v) is 3.78. The minimum absolute atomic E-state index is 0.0911. The Morgan fingerprint density at radius 2 is 2.47 bits per heavy atom. The Balaban J connectivity index is 2.35. The van der Waals surface area contributed by atoms with Crippen molar-refractivity contribution in [2.24, 2.45) is 0 Å². The molecule has 0 aromatic heterocycles. The second kappa shape index (κ2) is 5.76. The first-order valence-electron chi connectivity index (χ1n) is 4.63. The number of halogens is 1. The summed E-state index contributed by atoms with van der Waals surface area (Å²) in [6, 6.07) is 0. The molecule has 1 aliphatic rings. The van der Waals surface area contributed by atoms with Crippen LogP contribution in [0.2, 0.25) is 0 Å². The van der Waals surface area contributed by atoms with E-state index in [4.69, 9.17) is 21.1 Å². The zero-order valence-corrected chi connectivity index (χ0v) is 9.34. The van der Waals surface area contributed by atoms with E-state index in [1.54, 1.807) is 13.0 Å². The summed E-state index contributed by atoms with van der Waals surface area (Å²) in [5.41, 5.74) is 3.21. The van der Waals surface area contributed by atoms with Crippen molar-refractivity contribution in [2.75, 3.05) is 13.2 Å². The van der Waals surface area contributed by atoms with Crippen molar-refractivity contribution in [2.45, 2.75) is 19.4 Å². The first kappa shape index (κ1) is 12.1. The smallest absolute Gasteiger partial charge is 0.341 e. The summed E-state index contributed by atoms with van der Waals surface area (Å²) < 4.78 is 9.85. The van der Waals surface area contributed by atoms with Gasteiger partial charge in [-0.05, 0) is 13.0 Å². The summed E-state index contributed by atoms with van der Waals surface area (Å²) in [6.45, 7) is 6.16. The highest BCUT2D eigenvalue weighted by Crippen LogP contribution is 2.09. The lowest BCUT2D eigenvalue weighted by molar-refractivity contribution is -0.139. The van der Waals surface area contributed by atoms with Crippen LogP contribution in [0, 0.1) is 0 Å². The van der Waals surface area contributed by atoms with Gasteiger partial charge in [0.1, 0.15) is 12.7 Å². The summed E-state index contributed by atoms with van der Waals surface area (Å²) in [7, 11) is 0. The lowest BCUT2D eigenvalue weighted by Gasteiger charge is -1.99. The van der Waals surface area contributed by atoms with Crippen molar-refractivity contribution in [3.63, 3.8) is 0 Å². The molecule has 1 rings (SSSR count). The molecule has 3 nitrogen and oxygen atoms in total. The Bertz CT molecular complexity index is 323. The molecule has 0 saturated carbocycles. The molecule has 0 N–H and O–H groups in total. The third-order valence-electron chi connectivity index (χ3n) is 1.75. The number of carbonyl (C=O) groups is 1. The molecule has 1 aliphatic heterocycles. The molecule has 0 radical (unpaired) electrons. The second-order valence-electron chi connectivity index (χ2n) is 3.25. The number of ether oxygens (including phenoxy) is 2. The van der Waals surface area contributed by atoms with Crippen LogP contribution in [0.4, 0.5) is 0 Å². The van der Waals surface area contributed by atoms with Crippen LogP contribution >= 0.6 is 11.6 Å². The van der Waals surface area contributed by atoms with Crippen LogP contribution in [0.15, 0.2) is 29.0 Å². The molecular formula is C11H13ClO3. The van der Waals surface area contributed by atoms with Gasteiger partial charge in [-0.3, -0.25) is 0 Å². The maximum absolute atomic E-state index is 11.3. The Morgan fingerprint density at radius 1 is 1.80 bits per heavy atom. The SMILES string of the molecule is C=C(Cl)CC=C=C(C)C(=O)OCC1CO1. The van der Waals surface area contributed by atoms with Gasteiger partial charge in [-0.2, -0.15) is 0 Å². The maximum atomic E-state index is 11.3. The third kappa shape index (κ3) is 5.43. The number of hydrogen-bond acceptors (Lipinski definition) is 3. The van der Waals surface area contributed by atoms with Gasteiger partial charge < -0.3 is 9.47 Å². The minimum Gasteiger partial charge on any atom is -0.459 e. The van der Waals surface area contributed by atoms with E-state index >= 15 is 0 Å². The number of allylic oxidation sites excluding steroid dienone is 1. The van der Waals surface area contributed by atoms with Gasteiger partial charge in [0, 0.05) is 11.5 Å². The standard InChI is InChI=1S/C11H13ClO3/c1-8(4-3-5-9(2)12)11(13)15-7-10-6-14-10/h3,10H,2,5-7H2,1H3. The molecule has 1 atom stereocenters. The van der Waals surface area contributed by atoms with Crippen LogP contribution in [-0.4, -0.2) is 25.3 Å². The van der Waals surface area contributed by atoms with E-state index < -0.39 is 0 Å². The van der Waals surface area contributed by atoms with Crippen LogP contribution in [0.3, 0.4) is 0 Å². The Morgan fingerprint density at radius 3 is 3.00 bits per heavy atom. The zero-order chi connectivity index (χ0) is 11.3. The van der Waals surface area contributed by atoms with E-state index in [0.29, 0.717) is 30.2 Å². The first-order chi connectivity index (χ1) is 7.09. The number of hydrogen-bond donors (Lipinski definition) is 0. The highest BCUT2D eigenvalue weighted by molar-refractivity contribution is 6.29. The molecule has 4 heteroatoms. The van der Waals surface area contributed by atoms with Crippen molar-refractivity contribution in [1.29, 1.82) is 0 Å². The largest absolute Gasteiger partial charge is 0.459 e. The van der Waals surface area contributed by atoms with Gasteiger partial charge >= 0.3 is 5.97 Å².